The maximum atomic E-state index is 13.8. The summed E-state index contributed by atoms with van der Waals surface area (Å²) in [6.07, 6.45) is 1.75. The van der Waals surface area contributed by atoms with Crippen LogP contribution in [0.2, 0.25) is 0 Å². The minimum atomic E-state index is -0.908. The molecule has 4 rings (SSSR count). The van der Waals surface area contributed by atoms with Gasteiger partial charge in [0.15, 0.2) is 0 Å². The normalized spacial score (nSPS) is 20.7. The van der Waals surface area contributed by atoms with Crippen LogP contribution in [-0.2, 0) is 36.9 Å². The van der Waals surface area contributed by atoms with E-state index in [1.54, 1.807) is 0 Å². The highest BCUT2D eigenvalue weighted by Gasteiger charge is 2.38. The monoisotopic (exact) mass is 523 g/mol. The van der Waals surface area contributed by atoms with Gasteiger partial charge in [0, 0.05) is 6.42 Å². The molecule has 0 fully saturated rings. The van der Waals surface area contributed by atoms with Crippen molar-refractivity contribution in [2.24, 2.45) is 17.8 Å². The highest BCUT2D eigenvalue weighted by molar-refractivity contribution is 5.89. The Morgan fingerprint density at radius 3 is 2.34 bits per heavy atom. The fraction of sp³-hybridized carbons (Fsp3) is 0.516. The molecule has 2 aliphatic heterocycles. The number of fused-ring (bicyclic) bond motifs is 11. The Labute approximate surface area is 226 Å². The first-order valence-corrected chi connectivity index (χ1v) is 13.5. The average molecular weight is 524 g/mol. The van der Waals surface area contributed by atoms with Gasteiger partial charge in [-0.05, 0) is 69.2 Å². The number of ether oxygens (including phenoxy) is 3. The molecule has 2 bridgehead atoms. The van der Waals surface area contributed by atoms with Gasteiger partial charge in [-0.15, -0.1) is 0 Å². The van der Waals surface area contributed by atoms with Crippen molar-refractivity contribution in [3.05, 3.63) is 65.7 Å². The lowest BCUT2D eigenvalue weighted by atomic mass is 9.81. The lowest BCUT2D eigenvalue weighted by Gasteiger charge is -2.31. The Kier molecular flexibility index (Phi) is 10.3. The maximum Gasteiger partial charge on any atom is 0.329 e. The second kappa shape index (κ2) is 13.4. The molecular weight excluding hydrogens is 482 g/mol. The molecule has 2 aromatic rings. The number of rotatable bonds is 6. The smallest absolute Gasteiger partial charge is 0.329 e. The van der Waals surface area contributed by atoms with E-state index in [-0.39, 0.29) is 24.9 Å². The number of carbonyl (C=O) groups is 3. The topological polar surface area (TPSA) is 90.9 Å². The molecule has 2 aliphatic rings. The maximum absolute atomic E-state index is 13.8. The molecule has 3 atom stereocenters. The predicted octanol–water partition coefficient (Wildman–Crippen LogP) is 5.25. The van der Waals surface area contributed by atoms with E-state index in [0.29, 0.717) is 31.6 Å². The van der Waals surface area contributed by atoms with Gasteiger partial charge < -0.3 is 19.5 Å². The standard InChI is InChI=1S/C31H41NO6/c1-21(2)18-26-25(29(34)38-31(3,4)5)12-9-17-36-24-15-13-22(14-16-24)19-27(32-28(26)33)30(35)37-20-23-10-7-6-8-11-23/h6-8,10-11,13-16,21,25-27H,9,12,17-20H2,1-5H3,(H,32,33)/t25-,26+,27-/m0/s1. The van der Waals surface area contributed by atoms with Crippen LogP contribution in [0.5, 0.6) is 5.75 Å². The molecule has 0 aromatic heterocycles. The zero-order valence-electron chi connectivity index (χ0n) is 23.2. The summed E-state index contributed by atoms with van der Waals surface area (Å²) in [6.45, 7) is 10.0. The summed E-state index contributed by atoms with van der Waals surface area (Å²) in [5.41, 5.74) is 1.04. The molecule has 38 heavy (non-hydrogen) atoms. The Bertz CT molecular complexity index is 1060. The van der Waals surface area contributed by atoms with Crippen molar-refractivity contribution in [3.63, 3.8) is 0 Å². The van der Waals surface area contributed by atoms with E-state index < -0.39 is 35.4 Å². The summed E-state index contributed by atoms with van der Waals surface area (Å²) < 4.78 is 17.2. The van der Waals surface area contributed by atoms with Crippen molar-refractivity contribution < 1.29 is 28.6 Å². The molecule has 2 heterocycles. The summed E-state index contributed by atoms with van der Waals surface area (Å²) >= 11 is 0. The summed E-state index contributed by atoms with van der Waals surface area (Å²) in [4.78, 5) is 40.4. The minimum Gasteiger partial charge on any atom is -0.494 e. The van der Waals surface area contributed by atoms with Crippen molar-refractivity contribution in [1.29, 1.82) is 0 Å². The van der Waals surface area contributed by atoms with Gasteiger partial charge in [-0.25, -0.2) is 4.79 Å². The molecule has 0 radical (unpaired) electrons. The quantitative estimate of drug-likeness (QED) is 0.520. The molecular formula is C31H41NO6. The number of esters is 2. The predicted molar refractivity (Wildman–Crippen MR) is 145 cm³/mol. The molecule has 1 amide bonds. The van der Waals surface area contributed by atoms with Crippen LogP contribution in [0.3, 0.4) is 0 Å². The molecule has 0 spiro atoms. The van der Waals surface area contributed by atoms with Gasteiger partial charge in [0.1, 0.15) is 24.0 Å². The van der Waals surface area contributed by atoms with Crippen LogP contribution >= 0.6 is 0 Å². The van der Waals surface area contributed by atoms with E-state index in [9.17, 15) is 14.4 Å². The van der Waals surface area contributed by atoms with Crippen molar-refractivity contribution >= 4 is 17.8 Å². The van der Waals surface area contributed by atoms with Crippen LogP contribution in [0.1, 0.15) is 65.0 Å². The second-order valence-corrected chi connectivity index (χ2v) is 11.4. The van der Waals surface area contributed by atoms with Crippen LogP contribution in [0.25, 0.3) is 0 Å². The summed E-state index contributed by atoms with van der Waals surface area (Å²) in [7, 11) is 0. The van der Waals surface area contributed by atoms with Gasteiger partial charge in [-0.2, -0.15) is 0 Å². The molecule has 0 saturated carbocycles. The largest absolute Gasteiger partial charge is 0.494 e. The van der Waals surface area contributed by atoms with Crippen LogP contribution < -0.4 is 10.1 Å². The average Bonchev–Trinajstić information content (AvgIpc) is 2.85. The molecule has 0 unspecified atom stereocenters. The zero-order chi connectivity index (χ0) is 27.7. The third kappa shape index (κ3) is 9.19. The first-order chi connectivity index (χ1) is 18.0. The molecule has 0 aliphatic carbocycles. The van der Waals surface area contributed by atoms with Gasteiger partial charge in [-0.3, -0.25) is 9.59 Å². The van der Waals surface area contributed by atoms with E-state index in [0.717, 1.165) is 11.1 Å². The number of hydrogen-bond acceptors (Lipinski definition) is 6. The van der Waals surface area contributed by atoms with E-state index in [1.165, 1.54) is 0 Å². The lowest BCUT2D eigenvalue weighted by molar-refractivity contribution is -0.164. The number of hydrogen-bond donors (Lipinski definition) is 1. The number of carbonyl (C=O) groups excluding carboxylic acids is 3. The van der Waals surface area contributed by atoms with Crippen molar-refractivity contribution in [3.8, 4) is 5.75 Å². The number of nitrogens with one attached hydrogen (secondary N) is 1. The Morgan fingerprint density at radius 2 is 1.71 bits per heavy atom. The summed E-state index contributed by atoms with van der Waals surface area (Å²) in [5.74, 6) is -1.72. The van der Waals surface area contributed by atoms with Gasteiger partial charge in [0.05, 0.1) is 18.4 Å². The Morgan fingerprint density at radius 1 is 1.03 bits per heavy atom. The summed E-state index contributed by atoms with van der Waals surface area (Å²) in [5, 5.41) is 2.94. The fourth-order valence-corrected chi connectivity index (χ4v) is 4.57. The molecule has 206 valence electrons. The van der Waals surface area contributed by atoms with Crippen molar-refractivity contribution in [1.82, 2.24) is 5.32 Å². The third-order valence-corrected chi connectivity index (χ3v) is 6.37. The Balaban J connectivity index is 1.90. The molecule has 7 nitrogen and oxygen atoms in total. The van der Waals surface area contributed by atoms with Crippen molar-refractivity contribution in [2.45, 2.75) is 78.6 Å². The molecule has 2 aromatic carbocycles. The van der Waals surface area contributed by atoms with Gasteiger partial charge >= 0.3 is 11.9 Å². The minimum absolute atomic E-state index is 0.106. The first-order valence-electron chi connectivity index (χ1n) is 13.5. The number of amides is 1. The van der Waals surface area contributed by atoms with Crippen LogP contribution in [0, 0.1) is 17.8 Å². The highest BCUT2D eigenvalue weighted by atomic mass is 16.6. The van der Waals surface area contributed by atoms with Crippen LogP contribution in [-0.4, -0.2) is 36.1 Å². The van der Waals surface area contributed by atoms with E-state index >= 15 is 0 Å². The second-order valence-electron chi connectivity index (χ2n) is 11.4. The number of benzene rings is 2. The van der Waals surface area contributed by atoms with Gasteiger partial charge in [0.25, 0.3) is 0 Å². The first kappa shape index (κ1) is 29.2. The van der Waals surface area contributed by atoms with E-state index in [1.807, 2.05) is 89.2 Å². The highest BCUT2D eigenvalue weighted by Crippen LogP contribution is 2.29. The van der Waals surface area contributed by atoms with Crippen LogP contribution in [0.15, 0.2) is 54.6 Å². The SMILES string of the molecule is CC(C)C[C@H]1C(=O)N[C@H](C(=O)OCc2ccccc2)Cc2ccc(cc2)OCCC[C@@H]1C(=O)OC(C)(C)C. The summed E-state index contributed by atoms with van der Waals surface area (Å²) in [6, 6.07) is 16.0. The van der Waals surface area contributed by atoms with Gasteiger partial charge in [0.2, 0.25) is 5.91 Å². The van der Waals surface area contributed by atoms with E-state index in [4.69, 9.17) is 14.2 Å². The van der Waals surface area contributed by atoms with Crippen molar-refractivity contribution in [2.75, 3.05) is 6.61 Å². The third-order valence-electron chi connectivity index (χ3n) is 6.37. The van der Waals surface area contributed by atoms with E-state index in [2.05, 4.69) is 5.32 Å². The lowest BCUT2D eigenvalue weighted by Crippen LogP contribution is -2.48. The molecule has 0 saturated heterocycles. The zero-order valence-corrected chi connectivity index (χ0v) is 23.2. The fourth-order valence-electron chi connectivity index (χ4n) is 4.57. The molecule has 1 N–H and O–H groups in total. The van der Waals surface area contributed by atoms with Gasteiger partial charge in [-0.1, -0.05) is 56.3 Å². The molecule has 7 heteroatoms. The Hall–Kier alpha value is -3.35. The van der Waals surface area contributed by atoms with Crippen LogP contribution in [0.4, 0.5) is 0 Å².